The van der Waals surface area contributed by atoms with Gasteiger partial charge >= 0.3 is 0 Å². The van der Waals surface area contributed by atoms with Crippen molar-refractivity contribution in [3.05, 3.63) is 29.8 Å². The molecule has 0 bridgehead atoms. The molecule has 0 heterocycles. The number of nitrogens with one attached hydrogen (secondary N) is 1. The third-order valence-electron chi connectivity index (χ3n) is 3.66. The predicted molar refractivity (Wildman–Crippen MR) is 101 cm³/mol. The zero-order chi connectivity index (χ0) is 19.3. The Hall–Kier alpha value is -1.56. The van der Waals surface area contributed by atoms with E-state index in [0.29, 0.717) is 0 Å². The molecule has 0 aromatic heterocycles. The molecule has 8 heteroatoms. The minimum atomic E-state index is -3.86. The highest BCUT2D eigenvalue weighted by Gasteiger charge is 2.29. The van der Waals surface area contributed by atoms with E-state index in [0.717, 1.165) is 10.5 Å². The molecule has 0 radical (unpaired) electrons. The standard InChI is InChI=1S/C17H25N3O3S2/c1-6-20(12-18)16(21)15(11-24-5)19-25(22,23)14-9-7-13(8-10-14)17(2,3)4/h7-10,15,19H,6,11H2,1-5H3. The fourth-order valence-electron chi connectivity index (χ4n) is 2.18. The molecule has 1 amide bonds. The Morgan fingerprint density at radius 1 is 1.32 bits per heavy atom. The predicted octanol–water partition coefficient (Wildman–Crippen LogP) is 2.32. The quantitative estimate of drug-likeness (QED) is 0.576. The van der Waals surface area contributed by atoms with E-state index in [2.05, 4.69) is 4.72 Å². The molecule has 138 valence electrons. The maximum atomic E-state index is 12.6. The number of thioether (sulfide) groups is 1. The third-order valence-corrected chi connectivity index (χ3v) is 5.82. The second-order valence-corrected chi connectivity index (χ2v) is 9.21. The Kier molecular flexibility index (Phi) is 7.47. The van der Waals surface area contributed by atoms with Gasteiger partial charge in [-0.05, 0) is 36.3 Å². The van der Waals surface area contributed by atoms with Gasteiger partial charge in [0, 0.05) is 12.3 Å². The van der Waals surface area contributed by atoms with Crippen molar-refractivity contribution in [3.63, 3.8) is 0 Å². The molecule has 0 aliphatic rings. The fourth-order valence-corrected chi connectivity index (χ4v) is 4.03. The maximum absolute atomic E-state index is 12.6. The number of hydrogen-bond acceptors (Lipinski definition) is 5. The third kappa shape index (κ3) is 5.73. The number of hydrogen-bond donors (Lipinski definition) is 1. The van der Waals surface area contributed by atoms with Crippen molar-refractivity contribution in [2.75, 3.05) is 18.6 Å². The van der Waals surface area contributed by atoms with Gasteiger partial charge in [0.05, 0.1) is 4.90 Å². The summed E-state index contributed by atoms with van der Waals surface area (Å²) >= 11 is 1.33. The Labute approximate surface area is 154 Å². The van der Waals surface area contributed by atoms with Gasteiger partial charge in [-0.2, -0.15) is 21.7 Å². The van der Waals surface area contributed by atoms with E-state index >= 15 is 0 Å². The first kappa shape index (κ1) is 21.5. The van der Waals surface area contributed by atoms with E-state index in [4.69, 9.17) is 5.26 Å². The molecular formula is C17H25N3O3S2. The first-order valence-electron chi connectivity index (χ1n) is 7.89. The van der Waals surface area contributed by atoms with Gasteiger partial charge < -0.3 is 0 Å². The van der Waals surface area contributed by atoms with Gasteiger partial charge in [-0.15, -0.1) is 0 Å². The van der Waals surface area contributed by atoms with Gasteiger partial charge in [-0.3, -0.25) is 4.79 Å². The van der Waals surface area contributed by atoms with E-state index in [9.17, 15) is 13.2 Å². The van der Waals surface area contributed by atoms with Crippen LogP contribution in [0.15, 0.2) is 29.2 Å². The largest absolute Gasteiger partial charge is 0.272 e. The summed E-state index contributed by atoms with van der Waals surface area (Å²) in [5, 5.41) is 9.01. The smallest absolute Gasteiger partial charge is 0.254 e. The highest BCUT2D eigenvalue weighted by atomic mass is 32.2. The summed E-state index contributed by atoms with van der Waals surface area (Å²) in [7, 11) is -3.86. The Morgan fingerprint density at radius 3 is 2.28 bits per heavy atom. The summed E-state index contributed by atoms with van der Waals surface area (Å²) in [6, 6.07) is 5.62. The monoisotopic (exact) mass is 383 g/mol. The minimum Gasteiger partial charge on any atom is -0.272 e. The van der Waals surface area contributed by atoms with Crippen LogP contribution < -0.4 is 4.72 Å². The summed E-state index contributed by atoms with van der Waals surface area (Å²) in [5.41, 5.74) is 0.937. The molecule has 0 spiro atoms. The summed E-state index contributed by atoms with van der Waals surface area (Å²) < 4.78 is 27.6. The highest BCUT2D eigenvalue weighted by molar-refractivity contribution is 7.98. The van der Waals surface area contributed by atoms with Crippen LogP contribution in [0.1, 0.15) is 33.3 Å². The number of amides is 1. The van der Waals surface area contributed by atoms with Gasteiger partial charge in [0.15, 0.2) is 6.19 Å². The summed E-state index contributed by atoms with van der Waals surface area (Å²) in [6.07, 6.45) is 3.55. The lowest BCUT2D eigenvalue weighted by molar-refractivity contribution is -0.129. The highest BCUT2D eigenvalue weighted by Crippen LogP contribution is 2.23. The average Bonchev–Trinajstić information content (AvgIpc) is 2.54. The SMILES string of the molecule is CCN(C#N)C(=O)C(CSC)NS(=O)(=O)c1ccc(C(C)(C)C)cc1. The maximum Gasteiger partial charge on any atom is 0.254 e. The normalized spacial score (nSPS) is 13.1. The molecule has 6 nitrogen and oxygen atoms in total. The number of benzene rings is 1. The number of carbonyl (C=O) groups is 1. The second-order valence-electron chi connectivity index (χ2n) is 6.59. The molecule has 1 rings (SSSR count). The van der Waals surface area contributed by atoms with E-state index < -0.39 is 22.0 Å². The van der Waals surface area contributed by atoms with Crippen molar-refractivity contribution < 1.29 is 13.2 Å². The lowest BCUT2D eigenvalue weighted by Crippen LogP contribution is -2.48. The number of nitrogens with zero attached hydrogens (tertiary/aromatic N) is 2. The molecular weight excluding hydrogens is 358 g/mol. The van der Waals surface area contributed by atoms with Crippen molar-refractivity contribution in [2.24, 2.45) is 0 Å². The van der Waals surface area contributed by atoms with Crippen LogP contribution in [0.2, 0.25) is 0 Å². The van der Waals surface area contributed by atoms with E-state index in [-0.39, 0.29) is 22.6 Å². The van der Waals surface area contributed by atoms with Crippen molar-refractivity contribution >= 4 is 27.7 Å². The zero-order valence-corrected chi connectivity index (χ0v) is 16.9. The van der Waals surface area contributed by atoms with Crippen LogP contribution in [-0.2, 0) is 20.2 Å². The number of nitriles is 1. The number of likely N-dealkylation sites (N-methyl/N-ethyl adjacent to an activating group) is 1. The molecule has 1 N–H and O–H groups in total. The van der Waals surface area contributed by atoms with Crippen molar-refractivity contribution in [3.8, 4) is 6.19 Å². The molecule has 0 aliphatic carbocycles. The van der Waals surface area contributed by atoms with Gasteiger partial charge in [-0.25, -0.2) is 13.3 Å². The summed E-state index contributed by atoms with van der Waals surface area (Å²) in [4.78, 5) is 13.4. The molecule has 25 heavy (non-hydrogen) atoms. The Bertz CT molecular complexity index is 732. The van der Waals surface area contributed by atoms with Crippen LogP contribution in [0.25, 0.3) is 0 Å². The molecule has 0 saturated carbocycles. The second kappa shape index (κ2) is 8.70. The van der Waals surface area contributed by atoms with Crippen molar-refractivity contribution in [1.29, 1.82) is 5.26 Å². The molecule has 0 aliphatic heterocycles. The van der Waals surface area contributed by atoms with E-state index in [1.165, 1.54) is 23.9 Å². The number of sulfonamides is 1. The van der Waals surface area contributed by atoms with E-state index in [1.807, 2.05) is 20.8 Å². The van der Waals surface area contributed by atoms with Gasteiger partial charge in [0.2, 0.25) is 10.0 Å². The number of carbonyl (C=O) groups excluding carboxylic acids is 1. The fraction of sp³-hybridized carbons (Fsp3) is 0.529. The van der Waals surface area contributed by atoms with Crippen molar-refractivity contribution in [1.82, 2.24) is 9.62 Å². The van der Waals surface area contributed by atoms with Gasteiger partial charge in [0.1, 0.15) is 6.04 Å². The van der Waals surface area contributed by atoms with E-state index in [1.54, 1.807) is 31.5 Å². The Balaban J connectivity index is 3.07. The van der Waals surface area contributed by atoms with Crippen LogP contribution in [0.3, 0.4) is 0 Å². The van der Waals surface area contributed by atoms with Crippen LogP contribution in [-0.4, -0.2) is 43.8 Å². The lowest BCUT2D eigenvalue weighted by Gasteiger charge is -2.22. The van der Waals surface area contributed by atoms with Gasteiger partial charge in [0.25, 0.3) is 5.91 Å². The molecule has 1 aromatic carbocycles. The molecule has 1 atom stereocenters. The van der Waals surface area contributed by atoms with Crippen LogP contribution in [0.4, 0.5) is 0 Å². The van der Waals surface area contributed by atoms with Crippen LogP contribution in [0.5, 0.6) is 0 Å². The van der Waals surface area contributed by atoms with Crippen LogP contribution in [0, 0.1) is 11.5 Å². The molecule has 1 aromatic rings. The lowest BCUT2D eigenvalue weighted by atomic mass is 9.87. The molecule has 1 unspecified atom stereocenters. The summed E-state index contributed by atoms with van der Waals surface area (Å²) in [5.74, 6) is -0.301. The Morgan fingerprint density at radius 2 is 1.88 bits per heavy atom. The summed E-state index contributed by atoms with van der Waals surface area (Å²) in [6.45, 7) is 7.99. The number of rotatable bonds is 7. The zero-order valence-electron chi connectivity index (χ0n) is 15.2. The minimum absolute atomic E-state index is 0.0819. The van der Waals surface area contributed by atoms with Crippen LogP contribution >= 0.6 is 11.8 Å². The topological polar surface area (TPSA) is 90.3 Å². The molecule has 0 saturated heterocycles. The first-order chi connectivity index (χ1) is 11.6. The van der Waals surface area contributed by atoms with Gasteiger partial charge in [-0.1, -0.05) is 32.9 Å². The van der Waals surface area contributed by atoms with Crippen molar-refractivity contribution in [2.45, 2.75) is 44.0 Å². The first-order valence-corrected chi connectivity index (χ1v) is 10.8. The average molecular weight is 384 g/mol. The molecule has 0 fully saturated rings.